The molecular formula is C25H27ClFN7O3. The number of pyridine rings is 2. The number of hydrogen-bond acceptors (Lipinski definition) is 8. The summed E-state index contributed by atoms with van der Waals surface area (Å²) in [7, 11) is 0. The van der Waals surface area contributed by atoms with Gasteiger partial charge in [-0.1, -0.05) is 16.8 Å². The largest absolute Gasteiger partial charge is 0.488 e. The van der Waals surface area contributed by atoms with E-state index in [1.54, 1.807) is 4.52 Å². The van der Waals surface area contributed by atoms with Crippen LogP contribution in [0.25, 0.3) is 16.8 Å². The molecule has 0 bridgehead atoms. The van der Waals surface area contributed by atoms with Crippen LogP contribution < -0.4 is 4.74 Å². The van der Waals surface area contributed by atoms with Gasteiger partial charge in [0.1, 0.15) is 35.5 Å². The molecule has 6 heterocycles. The fourth-order valence-electron chi connectivity index (χ4n) is 5.01. The molecule has 0 spiro atoms. The molecule has 10 nitrogen and oxygen atoms in total. The highest BCUT2D eigenvalue weighted by Crippen LogP contribution is 2.34. The Balaban J connectivity index is 1.24. The molecule has 6 rings (SSSR count). The maximum Gasteiger partial charge on any atom is 0.147 e. The van der Waals surface area contributed by atoms with E-state index in [0.717, 1.165) is 62.3 Å². The van der Waals surface area contributed by atoms with Crippen molar-refractivity contribution in [3.8, 4) is 17.0 Å². The summed E-state index contributed by atoms with van der Waals surface area (Å²) in [5, 5.41) is 24.3. The molecule has 0 aromatic carbocycles. The van der Waals surface area contributed by atoms with E-state index in [2.05, 4.69) is 25.3 Å². The molecule has 4 aromatic heterocycles. The lowest BCUT2D eigenvalue weighted by atomic mass is 10.0. The third-order valence-electron chi connectivity index (χ3n) is 7.20. The highest BCUT2D eigenvalue weighted by atomic mass is 35.5. The van der Waals surface area contributed by atoms with E-state index in [0.29, 0.717) is 28.0 Å². The van der Waals surface area contributed by atoms with Gasteiger partial charge in [-0.2, -0.15) is 5.10 Å². The van der Waals surface area contributed by atoms with Crippen molar-refractivity contribution in [2.24, 2.45) is 0 Å². The number of rotatable bonds is 7. The third kappa shape index (κ3) is 4.68. The molecule has 2 aliphatic rings. The van der Waals surface area contributed by atoms with Gasteiger partial charge in [0.2, 0.25) is 0 Å². The van der Waals surface area contributed by atoms with Gasteiger partial charge in [-0.05, 0) is 38.0 Å². The average molecular weight is 528 g/mol. The first kappa shape index (κ1) is 24.2. The van der Waals surface area contributed by atoms with Crippen LogP contribution in [0.4, 0.5) is 4.39 Å². The molecule has 0 saturated carbocycles. The van der Waals surface area contributed by atoms with Crippen LogP contribution in [0.15, 0.2) is 36.8 Å². The van der Waals surface area contributed by atoms with E-state index >= 15 is 0 Å². The first-order valence-electron chi connectivity index (χ1n) is 12.3. The number of hydrogen-bond donors (Lipinski definition) is 1. The van der Waals surface area contributed by atoms with Crippen LogP contribution in [0, 0.1) is 12.7 Å². The van der Waals surface area contributed by atoms with E-state index in [9.17, 15) is 9.50 Å². The second-order valence-corrected chi connectivity index (χ2v) is 9.94. The Kier molecular flexibility index (Phi) is 6.53. The minimum atomic E-state index is -1.05. The molecule has 0 aliphatic carbocycles. The van der Waals surface area contributed by atoms with E-state index in [4.69, 9.17) is 21.1 Å². The van der Waals surface area contributed by atoms with Gasteiger partial charge in [-0.15, -0.1) is 5.10 Å². The predicted molar refractivity (Wildman–Crippen MR) is 133 cm³/mol. The number of likely N-dealkylation sites (tertiary alicyclic amines) is 1. The summed E-state index contributed by atoms with van der Waals surface area (Å²) in [6.45, 7) is 5.63. The van der Waals surface area contributed by atoms with E-state index < -0.39 is 11.9 Å². The molecule has 0 radical (unpaired) electrons. The SMILES string of the molecule is Cc1c(-c2cc(OCC(O)c3ccc(F)cn3)c3c(Cl)cnn3c2)nnn1C1CCN(C2COC2)CC1. The van der Waals surface area contributed by atoms with Crippen LogP contribution in [0.2, 0.25) is 5.02 Å². The minimum Gasteiger partial charge on any atom is -0.488 e. The normalized spacial score (nSPS) is 18.3. The molecule has 1 atom stereocenters. The Labute approximate surface area is 217 Å². The summed E-state index contributed by atoms with van der Waals surface area (Å²) in [5.41, 5.74) is 3.34. The quantitative estimate of drug-likeness (QED) is 0.391. The van der Waals surface area contributed by atoms with Crippen LogP contribution in [-0.2, 0) is 4.74 Å². The van der Waals surface area contributed by atoms with Crippen molar-refractivity contribution in [3.05, 3.63) is 59.0 Å². The molecule has 12 heteroatoms. The van der Waals surface area contributed by atoms with Gasteiger partial charge in [-0.25, -0.2) is 13.6 Å². The van der Waals surface area contributed by atoms with Crippen molar-refractivity contribution in [3.63, 3.8) is 0 Å². The molecule has 194 valence electrons. The number of piperidine rings is 1. The van der Waals surface area contributed by atoms with Crippen LogP contribution in [0.3, 0.4) is 0 Å². The van der Waals surface area contributed by atoms with Gasteiger partial charge < -0.3 is 14.6 Å². The molecule has 2 saturated heterocycles. The maximum absolute atomic E-state index is 13.2. The zero-order valence-corrected chi connectivity index (χ0v) is 21.1. The fraction of sp³-hybridized carbons (Fsp3) is 0.440. The Morgan fingerprint density at radius 2 is 2.03 bits per heavy atom. The zero-order chi connectivity index (χ0) is 25.5. The van der Waals surface area contributed by atoms with Crippen molar-refractivity contribution < 1.29 is 19.0 Å². The molecule has 2 aliphatic heterocycles. The van der Waals surface area contributed by atoms with Gasteiger partial charge in [0.05, 0.1) is 54.1 Å². The highest BCUT2D eigenvalue weighted by Gasteiger charge is 2.31. The van der Waals surface area contributed by atoms with Gasteiger partial charge in [0.15, 0.2) is 0 Å². The standard InChI is InChI=1S/C25H27ClFN7O3/c1-15-24(30-31-34(15)18-4-6-32(7-5-18)19-12-36-13-19)16-8-23(25-20(26)10-29-33(25)11-16)37-14-22(35)21-3-2-17(27)9-28-21/h2-3,8-11,18-19,22,35H,4-7,12-14H2,1H3. The molecular weight excluding hydrogens is 501 g/mol. The number of halogens is 2. The Hall–Kier alpha value is -3.12. The van der Waals surface area contributed by atoms with Crippen LogP contribution in [0.5, 0.6) is 5.75 Å². The van der Waals surface area contributed by atoms with E-state index in [1.165, 1.54) is 18.3 Å². The molecule has 1 unspecified atom stereocenters. The minimum absolute atomic E-state index is 0.102. The van der Waals surface area contributed by atoms with Gasteiger partial charge >= 0.3 is 0 Å². The second-order valence-electron chi connectivity index (χ2n) is 9.53. The first-order valence-corrected chi connectivity index (χ1v) is 12.7. The molecule has 37 heavy (non-hydrogen) atoms. The highest BCUT2D eigenvalue weighted by molar-refractivity contribution is 6.34. The Morgan fingerprint density at radius 1 is 1.22 bits per heavy atom. The summed E-state index contributed by atoms with van der Waals surface area (Å²) >= 11 is 6.39. The molecule has 2 fully saturated rings. The Morgan fingerprint density at radius 3 is 2.73 bits per heavy atom. The molecule has 4 aromatic rings. The number of aliphatic hydroxyl groups is 1. The number of aliphatic hydroxyl groups excluding tert-OH is 1. The van der Waals surface area contributed by atoms with Crippen LogP contribution in [0.1, 0.15) is 36.4 Å². The summed E-state index contributed by atoms with van der Waals surface area (Å²) < 4.78 is 28.2. The lowest BCUT2D eigenvalue weighted by Crippen LogP contribution is -2.52. The number of aromatic nitrogens is 6. The molecule has 1 N–H and O–H groups in total. The zero-order valence-electron chi connectivity index (χ0n) is 20.3. The van der Waals surface area contributed by atoms with E-state index in [-0.39, 0.29) is 12.6 Å². The van der Waals surface area contributed by atoms with Gasteiger partial charge in [-0.3, -0.25) is 9.88 Å². The van der Waals surface area contributed by atoms with Crippen molar-refractivity contribution in [1.29, 1.82) is 0 Å². The topological polar surface area (TPSA) is 103 Å². The van der Waals surface area contributed by atoms with Crippen molar-refractivity contribution >= 4 is 17.1 Å². The second kappa shape index (κ2) is 9.97. The number of ether oxygens (including phenoxy) is 2. The first-order chi connectivity index (χ1) is 18.0. The Bertz CT molecular complexity index is 1400. The van der Waals surface area contributed by atoms with Crippen molar-refractivity contribution in [2.75, 3.05) is 32.9 Å². The lowest BCUT2D eigenvalue weighted by Gasteiger charge is -2.41. The van der Waals surface area contributed by atoms with Gasteiger partial charge in [0, 0.05) is 24.8 Å². The average Bonchev–Trinajstić information content (AvgIpc) is 3.44. The lowest BCUT2D eigenvalue weighted by molar-refractivity contribution is -0.0735. The number of nitrogens with zero attached hydrogens (tertiary/aromatic N) is 7. The molecule has 0 amide bonds. The number of fused-ring (bicyclic) bond motifs is 1. The van der Waals surface area contributed by atoms with Crippen LogP contribution in [-0.4, -0.2) is 78.6 Å². The van der Waals surface area contributed by atoms with Crippen molar-refractivity contribution in [1.82, 2.24) is 34.5 Å². The van der Waals surface area contributed by atoms with Crippen LogP contribution >= 0.6 is 11.6 Å². The monoisotopic (exact) mass is 527 g/mol. The smallest absolute Gasteiger partial charge is 0.147 e. The summed E-state index contributed by atoms with van der Waals surface area (Å²) in [6, 6.07) is 5.34. The predicted octanol–water partition coefficient (Wildman–Crippen LogP) is 3.24. The maximum atomic E-state index is 13.2. The summed E-state index contributed by atoms with van der Waals surface area (Å²) in [4.78, 5) is 6.43. The summed E-state index contributed by atoms with van der Waals surface area (Å²) in [5.74, 6) is -0.0367. The van der Waals surface area contributed by atoms with Crippen molar-refractivity contribution in [2.45, 2.75) is 38.0 Å². The fourth-order valence-corrected chi connectivity index (χ4v) is 5.23. The van der Waals surface area contributed by atoms with E-state index in [1.807, 2.05) is 23.9 Å². The third-order valence-corrected chi connectivity index (χ3v) is 7.48. The summed E-state index contributed by atoms with van der Waals surface area (Å²) in [6.07, 6.45) is 5.41. The van der Waals surface area contributed by atoms with Gasteiger partial charge in [0.25, 0.3) is 0 Å².